The minimum absolute atomic E-state index is 0.00191. The number of nitrogens with zero attached hydrogens (tertiary/aromatic N) is 4. The lowest BCUT2D eigenvalue weighted by atomic mass is 10.2. The Morgan fingerprint density at radius 3 is 2.79 bits per heavy atom. The van der Waals surface area contributed by atoms with Crippen molar-refractivity contribution in [1.29, 1.82) is 0 Å². The highest BCUT2D eigenvalue weighted by molar-refractivity contribution is 9.10. The molecule has 1 aliphatic heterocycles. The quantitative estimate of drug-likeness (QED) is 0.774. The van der Waals surface area contributed by atoms with Crippen LogP contribution in [0.1, 0.15) is 6.92 Å². The second-order valence-electron chi connectivity index (χ2n) is 4.37. The van der Waals surface area contributed by atoms with Crippen LogP contribution in [-0.4, -0.2) is 64.7 Å². The summed E-state index contributed by atoms with van der Waals surface area (Å²) in [6, 6.07) is -0.311. The zero-order valence-corrected chi connectivity index (χ0v) is 12.9. The largest absolute Gasteiger partial charge is 0.394 e. The van der Waals surface area contributed by atoms with Crippen molar-refractivity contribution in [3.63, 3.8) is 0 Å². The van der Waals surface area contributed by atoms with E-state index in [0.717, 1.165) is 0 Å². The highest BCUT2D eigenvalue weighted by Gasteiger charge is 2.38. The number of aliphatic hydroxyl groups excluding tert-OH is 1. The molecule has 2 heterocycles. The van der Waals surface area contributed by atoms with E-state index in [1.54, 1.807) is 6.92 Å². The van der Waals surface area contributed by atoms with Gasteiger partial charge in [-0.3, -0.25) is 0 Å². The average molecular weight is 355 g/mol. The Labute approximate surface area is 119 Å². The molecule has 10 heteroatoms. The van der Waals surface area contributed by atoms with Crippen molar-refractivity contribution in [2.24, 2.45) is 7.05 Å². The van der Waals surface area contributed by atoms with E-state index < -0.39 is 16.1 Å². The molecule has 0 radical (unpaired) electrons. The Hall–Kier alpha value is -0.550. The molecule has 1 aromatic rings. The zero-order chi connectivity index (χ0) is 14.2. The van der Waals surface area contributed by atoms with E-state index in [4.69, 9.17) is 9.84 Å². The van der Waals surface area contributed by atoms with Crippen LogP contribution in [0.4, 0.5) is 0 Å². The first kappa shape index (κ1) is 14.9. The second kappa shape index (κ2) is 5.44. The van der Waals surface area contributed by atoms with Gasteiger partial charge < -0.3 is 9.84 Å². The van der Waals surface area contributed by atoms with Crippen LogP contribution in [-0.2, 0) is 21.8 Å². The van der Waals surface area contributed by atoms with Crippen LogP contribution in [0.3, 0.4) is 0 Å². The smallest absolute Gasteiger partial charge is 0.263 e. The number of hydrogen-bond acceptors (Lipinski definition) is 6. The van der Waals surface area contributed by atoms with E-state index in [9.17, 15) is 8.42 Å². The molecular weight excluding hydrogens is 340 g/mol. The van der Waals surface area contributed by atoms with E-state index in [-0.39, 0.29) is 35.4 Å². The van der Waals surface area contributed by atoms with E-state index in [1.807, 2.05) is 0 Å². The Morgan fingerprint density at radius 1 is 1.58 bits per heavy atom. The normalized spacial score (nSPS) is 25.7. The summed E-state index contributed by atoms with van der Waals surface area (Å²) in [6.07, 6.45) is -0.508. The average Bonchev–Trinajstić information content (AvgIpc) is 2.70. The van der Waals surface area contributed by atoms with Crippen LogP contribution in [0.5, 0.6) is 0 Å². The summed E-state index contributed by atoms with van der Waals surface area (Å²) in [5.41, 5.74) is 0. The molecule has 1 aromatic heterocycles. The van der Waals surface area contributed by atoms with Gasteiger partial charge in [0.1, 0.15) is 0 Å². The number of rotatable bonds is 3. The van der Waals surface area contributed by atoms with Crippen LogP contribution in [0.2, 0.25) is 0 Å². The first-order valence-corrected chi connectivity index (χ1v) is 7.90. The summed E-state index contributed by atoms with van der Waals surface area (Å²) in [7, 11) is -2.23. The van der Waals surface area contributed by atoms with Crippen molar-refractivity contribution in [3.8, 4) is 0 Å². The van der Waals surface area contributed by atoms with Crippen LogP contribution < -0.4 is 0 Å². The number of hydrogen-bond donors (Lipinski definition) is 1. The summed E-state index contributed by atoms with van der Waals surface area (Å²) in [4.78, 5) is 0. The topological polar surface area (TPSA) is 97.6 Å². The van der Waals surface area contributed by atoms with Gasteiger partial charge in [0, 0.05) is 19.6 Å². The third-order valence-electron chi connectivity index (χ3n) is 2.94. The van der Waals surface area contributed by atoms with Crippen molar-refractivity contribution >= 4 is 26.0 Å². The number of sulfonamides is 1. The number of aromatic nitrogens is 3. The summed E-state index contributed by atoms with van der Waals surface area (Å²) < 4.78 is 33.3. The number of halogens is 1. The maximum Gasteiger partial charge on any atom is 0.263 e. The molecule has 19 heavy (non-hydrogen) atoms. The van der Waals surface area contributed by atoms with Crippen LogP contribution in [0.15, 0.2) is 9.63 Å². The van der Waals surface area contributed by atoms with Gasteiger partial charge >= 0.3 is 0 Å². The Morgan fingerprint density at radius 2 is 2.26 bits per heavy atom. The van der Waals surface area contributed by atoms with Crippen LogP contribution in [0, 0.1) is 0 Å². The number of aliphatic hydroxyl groups is 1. The minimum atomic E-state index is -3.74. The molecule has 8 nitrogen and oxygen atoms in total. The molecule has 1 fully saturated rings. The van der Waals surface area contributed by atoms with Gasteiger partial charge in [0.25, 0.3) is 10.0 Å². The van der Waals surface area contributed by atoms with Gasteiger partial charge in [0.2, 0.25) is 5.03 Å². The fourth-order valence-electron chi connectivity index (χ4n) is 1.94. The van der Waals surface area contributed by atoms with Gasteiger partial charge in [-0.25, -0.2) is 13.1 Å². The molecule has 2 unspecified atom stereocenters. The molecule has 1 N–H and O–H groups in total. The van der Waals surface area contributed by atoms with Crippen molar-refractivity contribution < 1.29 is 18.3 Å². The summed E-state index contributed by atoms with van der Waals surface area (Å²) in [6.45, 7) is 1.89. The fraction of sp³-hybridized carbons (Fsp3) is 0.778. The molecular formula is C9H15BrN4O4S. The molecule has 0 aromatic carbocycles. The van der Waals surface area contributed by atoms with Crippen molar-refractivity contribution in [3.05, 3.63) is 4.60 Å². The molecule has 1 aliphatic rings. The summed E-state index contributed by atoms with van der Waals surface area (Å²) in [5, 5.41) is 16.5. The highest BCUT2D eigenvalue weighted by Crippen LogP contribution is 2.26. The Balaban J connectivity index is 2.38. The number of morpholine rings is 1. The Bertz CT molecular complexity index is 541. The predicted octanol–water partition coefficient (Wildman–Crippen LogP) is -0.652. The Kier molecular flexibility index (Phi) is 4.26. The SMILES string of the molecule is CC1COC(CO)CN1S(=O)(=O)c1c(Br)nnn1C. The van der Waals surface area contributed by atoms with Crippen LogP contribution >= 0.6 is 15.9 Å². The third-order valence-corrected chi connectivity index (χ3v) is 5.81. The highest BCUT2D eigenvalue weighted by atomic mass is 79.9. The van der Waals surface area contributed by atoms with Crippen LogP contribution in [0.25, 0.3) is 0 Å². The first-order chi connectivity index (χ1) is 8.87. The van der Waals surface area contributed by atoms with Crippen molar-refractivity contribution in [2.75, 3.05) is 19.8 Å². The standard InChI is InChI=1S/C9H15BrN4O4S/c1-6-5-18-7(4-15)3-14(6)19(16,17)9-8(10)11-12-13(9)2/h6-7,15H,3-5H2,1-2H3. The summed E-state index contributed by atoms with van der Waals surface area (Å²) in [5.74, 6) is 0. The second-order valence-corrected chi connectivity index (χ2v) is 6.93. The lowest BCUT2D eigenvalue weighted by molar-refractivity contribution is -0.0517. The van der Waals surface area contributed by atoms with Crippen molar-refractivity contribution in [1.82, 2.24) is 19.3 Å². The molecule has 0 bridgehead atoms. The lowest BCUT2D eigenvalue weighted by Crippen LogP contribution is -2.52. The minimum Gasteiger partial charge on any atom is -0.394 e. The predicted molar refractivity (Wildman–Crippen MR) is 68.9 cm³/mol. The van der Waals surface area contributed by atoms with Gasteiger partial charge in [-0.05, 0) is 22.9 Å². The van der Waals surface area contributed by atoms with Crippen molar-refractivity contribution in [2.45, 2.75) is 24.1 Å². The molecule has 0 saturated carbocycles. The molecule has 2 rings (SSSR count). The summed E-state index contributed by atoms with van der Waals surface area (Å²) >= 11 is 3.09. The van der Waals surface area contributed by atoms with E-state index >= 15 is 0 Å². The molecule has 0 amide bonds. The van der Waals surface area contributed by atoms with Gasteiger partial charge in [-0.15, -0.1) is 5.10 Å². The number of ether oxygens (including phenoxy) is 1. The monoisotopic (exact) mass is 354 g/mol. The van der Waals surface area contributed by atoms with Gasteiger partial charge in [0.15, 0.2) is 4.60 Å². The maximum atomic E-state index is 12.6. The third kappa shape index (κ3) is 2.68. The van der Waals surface area contributed by atoms with Gasteiger partial charge in [0.05, 0.1) is 19.3 Å². The van der Waals surface area contributed by atoms with E-state index in [0.29, 0.717) is 0 Å². The van der Waals surface area contributed by atoms with E-state index in [1.165, 1.54) is 16.0 Å². The molecule has 1 saturated heterocycles. The molecule has 0 aliphatic carbocycles. The van der Waals surface area contributed by atoms with E-state index in [2.05, 4.69) is 26.2 Å². The molecule has 108 valence electrons. The molecule has 2 atom stereocenters. The first-order valence-electron chi connectivity index (χ1n) is 5.67. The lowest BCUT2D eigenvalue weighted by Gasteiger charge is -2.36. The van der Waals surface area contributed by atoms with Gasteiger partial charge in [-0.2, -0.15) is 4.31 Å². The number of aryl methyl sites for hydroxylation is 1. The van der Waals surface area contributed by atoms with Gasteiger partial charge in [-0.1, -0.05) is 5.21 Å². The molecule has 0 spiro atoms. The fourth-order valence-corrected chi connectivity index (χ4v) is 4.63. The maximum absolute atomic E-state index is 12.6. The zero-order valence-electron chi connectivity index (χ0n) is 10.5.